The molecule has 6 heteroatoms. The van der Waals surface area contributed by atoms with Crippen LogP contribution in [0.3, 0.4) is 0 Å². The molecule has 0 aliphatic carbocycles. The summed E-state index contributed by atoms with van der Waals surface area (Å²) in [5.74, 6) is 0.402. The lowest BCUT2D eigenvalue weighted by Gasteiger charge is -2.21. The Bertz CT molecular complexity index is 1080. The molecule has 0 saturated carbocycles. The highest BCUT2D eigenvalue weighted by Gasteiger charge is 2.17. The van der Waals surface area contributed by atoms with Crippen molar-refractivity contribution in [1.29, 1.82) is 5.26 Å². The van der Waals surface area contributed by atoms with Gasteiger partial charge in [0.15, 0.2) is 5.65 Å². The molecular weight excluding hydrogens is 356 g/mol. The van der Waals surface area contributed by atoms with Crippen LogP contribution < -0.4 is 0 Å². The summed E-state index contributed by atoms with van der Waals surface area (Å²) in [7, 11) is 0. The topological polar surface area (TPSA) is 61.4 Å². The van der Waals surface area contributed by atoms with Crippen LogP contribution in [0.25, 0.3) is 16.7 Å². The minimum atomic E-state index is 0.0742. The second-order valence-corrected chi connectivity index (χ2v) is 7.56. The molecule has 0 aliphatic heterocycles. The molecule has 0 atom stereocenters. The number of rotatable bonds is 6. The molecule has 0 N–H and O–H groups in total. The third-order valence-corrected chi connectivity index (χ3v) is 5.38. The summed E-state index contributed by atoms with van der Waals surface area (Å²) in [5, 5.41) is 10.5. The lowest BCUT2D eigenvalue weighted by molar-refractivity contribution is -0.127. The number of pyridine rings is 1. The molecule has 5 nitrogen and oxygen atoms in total. The molecular formula is C21H22N4OS. The quantitative estimate of drug-likeness (QED) is 0.477. The number of nitrogens with zero attached hydrogens (tertiary/aromatic N) is 4. The molecule has 0 aliphatic rings. The van der Waals surface area contributed by atoms with E-state index in [9.17, 15) is 10.1 Å². The van der Waals surface area contributed by atoms with Crippen molar-refractivity contribution < 1.29 is 4.79 Å². The first kappa shape index (κ1) is 19.0. The summed E-state index contributed by atoms with van der Waals surface area (Å²) in [6.45, 7) is 10.9. The van der Waals surface area contributed by atoms with Gasteiger partial charge in [-0.25, -0.2) is 4.98 Å². The number of aromatic nitrogens is 2. The molecule has 3 aromatic rings. The Hall–Kier alpha value is -2.78. The summed E-state index contributed by atoms with van der Waals surface area (Å²) in [5.41, 5.74) is 4.82. The number of likely N-dealkylation sites (N-methyl/N-ethyl adjacent to an activating group) is 1. The number of aryl methyl sites for hydroxylation is 1. The highest BCUT2D eigenvalue weighted by Crippen LogP contribution is 2.29. The van der Waals surface area contributed by atoms with Crippen LogP contribution in [0.5, 0.6) is 0 Å². The maximum Gasteiger partial charge on any atom is 0.233 e. The molecule has 138 valence electrons. The Labute approximate surface area is 163 Å². The Morgan fingerprint density at radius 1 is 1.41 bits per heavy atom. The average Bonchev–Trinajstić information content (AvgIpc) is 3.03. The Morgan fingerprint density at radius 2 is 2.15 bits per heavy atom. The highest BCUT2D eigenvalue weighted by atomic mass is 32.2. The van der Waals surface area contributed by atoms with Crippen LogP contribution in [0, 0.1) is 18.3 Å². The number of carbonyl (C=O) groups is 1. The van der Waals surface area contributed by atoms with Gasteiger partial charge >= 0.3 is 0 Å². The van der Waals surface area contributed by atoms with Gasteiger partial charge < -0.3 is 4.90 Å². The molecule has 2 heterocycles. The zero-order valence-corrected chi connectivity index (χ0v) is 16.6. The molecule has 0 unspecified atom stereocenters. The van der Waals surface area contributed by atoms with Gasteiger partial charge in [-0.2, -0.15) is 5.26 Å². The van der Waals surface area contributed by atoms with Crippen LogP contribution in [0.2, 0.25) is 0 Å². The van der Waals surface area contributed by atoms with Crippen LogP contribution in [0.4, 0.5) is 0 Å². The number of hydrogen-bond acceptors (Lipinski definition) is 4. The first-order chi connectivity index (χ1) is 13.0. The first-order valence-electron chi connectivity index (χ1n) is 8.82. The molecule has 1 amide bonds. The summed E-state index contributed by atoms with van der Waals surface area (Å²) < 4.78 is 1.98. The molecule has 0 spiro atoms. The maximum absolute atomic E-state index is 12.6. The fourth-order valence-electron chi connectivity index (χ4n) is 3.09. The van der Waals surface area contributed by atoms with Gasteiger partial charge in [-0.05, 0) is 44.5 Å². The fraction of sp³-hybridized carbons (Fsp3) is 0.286. The Kier molecular flexibility index (Phi) is 5.52. The monoisotopic (exact) mass is 378 g/mol. The largest absolute Gasteiger partial charge is 0.338 e. The summed E-state index contributed by atoms with van der Waals surface area (Å²) in [4.78, 5) is 19.1. The van der Waals surface area contributed by atoms with Gasteiger partial charge in [0, 0.05) is 13.1 Å². The van der Waals surface area contributed by atoms with Crippen molar-refractivity contribution in [2.75, 3.05) is 18.8 Å². The van der Waals surface area contributed by atoms with Crippen molar-refractivity contribution in [2.24, 2.45) is 0 Å². The van der Waals surface area contributed by atoms with E-state index in [0.717, 1.165) is 27.2 Å². The highest BCUT2D eigenvalue weighted by molar-refractivity contribution is 7.99. The number of carbonyl (C=O) groups excluding carboxylic acids is 1. The Balaban J connectivity index is 2.01. The van der Waals surface area contributed by atoms with Gasteiger partial charge in [0.2, 0.25) is 5.91 Å². The van der Waals surface area contributed by atoms with E-state index in [4.69, 9.17) is 0 Å². The van der Waals surface area contributed by atoms with E-state index in [1.807, 2.05) is 55.5 Å². The van der Waals surface area contributed by atoms with Crippen LogP contribution in [0.1, 0.15) is 25.0 Å². The third-order valence-electron chi connectivity index (χ3n) is 4.39. The second-order valence-electron chi connectivity index (χ2n) is 6.57. The van der Waals surface area contributed by atoms with Crippen molar-refractivity contribution in [1.82, 2.24) is 14.3 Å². The maximum atomic E-state index is 12.6. The van der Waals surface area contributed by atoms with E-state index in [-0.39, 0.29) is 5.91 Å². The van der Waals surface area contributed by atoms with E-state index < -0.39 is 0 Å². The zero-order valence-electron chi connectivity index (χ0n) is 15.8. The van der Waals surface area contributed by atoms with Crippen molar-refractivity contribution in [3.63, 3.8) is 0 Å². The van der Waals surface area contributed by atoms with Gasteiger partial charge in [-0.15, -0.1) is 0 Å². The molecule has 27 heavy (non-hydrogen) atoms. The number of benzene rings is 1. The summed E-state index contributed by atoms with van der Waals surface area (Å²) >= 11 is 1.47. The van der Waals surface area contributed by atoms with Gasteiger partial charge in [-0.1, -0.05) is 36.0 Å². The van der Waals surface area contributed by atoms with E-state index in [1.54, 1.807) is 4.90 Å². The number of imidazole rings is 1. The second kappa shape index (κ2) is 7.85. The first-order valence-corrected chi connectivity index (χ1v) is 9.80. The molecule has 2 aromatic heterocycles. The van der Waals surface area contributed by atoms with Crippen LogP contribution >= 0.6 is 11.8 Å². The number of fused-ring (bicyclic) bond motifs is 3. The number of hydrogen-bond donors (Lipinski definition) is 0. The van der Waals surface area contributed by atoms with E-state index >= 15 is 0 Å². The Morgan fingerprint density at radius 3 is 2.81 bits per heavy atom. The molecule has 0 saturated heterocycles. The number of nitriles is 1. The lowest BCUT2D eigenvalue weighted by Crippen LogP contribution is -2.33. The lowest BCUT2D eigenvalue weighted by atomic mass is 10.2. The SMILES string of the molecule is C=C(C)CN(CC)C(=O)CSc1cc(C)c(C#N)c2nc3ccccc3n12. The van der Waals surface area contributed by atoms with E-state index in [0.29, 0.717) is 30.1 Å². The number of thioether (sulfide) groups is 1. The van der Waals surface area contributed by atoms with Crippen molar-refractivity contribution in [2.45, 2.75) is 25.8 Å². The predicted octanol–water partition coefficient (Wildman–Crippen LogP) is 4.18. The van der Waals surface area contributed by atoms with Gasteiger partial charge in [0.05, 0.1) is 27.4 Å². The van der Waals surface area contributed by atoms with Crippen LogP contribution in [0.15, 0.2) is 47.5 Å². The predicted molar refractivity (Wildman–Crippen MR) is 110 cm³/mol. The molecule has 3 rings (SSSR count). The number of para-hydroxylation sites is 2. The van der Waals surface area contributed by atoms with Crippen LogP contribution in [-0.2, 0) is 4.79 Å². The fourth-order valence-corrected chi connectivity index (χ4v) is 4.12. The van der Waals surface area contributed by atoms with Crippen molar-refractivity contribution in [3.05, 3.63) is 53.6 Å². The standard InChI is InChI=1S/C21H22N4OS/c1-5-24(12-14(2)3)19(26)13-27-20-10-15(4)16(11-22)21-23-17-8-6-7-9-18(17)25(20)21/h6-10H,2,5,12-13H2,1,3-4H3. The normalized spacial score (nSPS) is 10.9. The van der Waals surface area contributed by atoms with Gasteiger partial charge in [0.25, 0.3) is 0 Å². The smallest absolute Gasteiger partial charge is 0.233 e. The van der Waals surface area contributed by atoms with E-state index in [2.05, 4.69) is 17.6 Å². The molecule has 0 bridgehead atoms. The van der Waals surface area contributed by atoms with E-state index in [1.165, 1.54) is 11.8 Å². The number of amides is 1. The van der Waals surface area contributed by atoms with Crippen molar-refractivity contribution in [3.8, 4) is 6.07 Å². The van der Waals surface area contributed by atoms with Gasteiger partial charge in [0.1, 0.15) is 6.07 Å². The molecule has 1 aromatic carbocycles. The summed E-state index contributed by atoms with van der Waals surface area (Å²) in [6.07, 6.45) is 0. The molecule has 0 fully saturated rings. The van der Waals surface area contributed by atoms with Gasteiger partial charge in [-0.3, -0.25) is 9.20 Å². The minimum Gasteiger partial charge on any atom is -0.338 e. The third kappa shape index (κ3) is 3.69. The van der Waals surface area contributed by atoms with Crippen molar-refractivity contribution >= 4 is 34.3 Å². The zero-order chi connectivity index (χ0) is 19.6. The minimum absolute atomic E-state index is 0.0742. The summed E-state index contributed by atoms with van der Waals surface area (Å²) in [6, 6.07) is 12.0. The van der Waals surface area contributed by atoms with Crippen LogP contribution in [-0.4, -0.2) is 39.0 Å². The molecule has 0 radical (unpaired) electrons. The average molecular weight is 379 g/mol.